The van der Waals surface area contributed by atoms with Crippen molar-refractivity contribution in [2.45, 2.75) is 12.8 Å². The minimum Gasteiger partial charge on any atom is -0.303 e. The number of carbonyl (C=O) groups excluding carboxylic acids is 1. The van der Waals surface area contributed by atoms with Gasteiger partial charge in [-0.15, -0.1) is 0 Å². The van der Waals surface area contributed by atoms with Crippen molar-refractivity contribution >= 4 is 17.2 Å². The Balaban J connectivity index is 2.41. The molecule has 0 unspecified atom stereocenters. The van der Waals surface area contributed by atoms with E-state index < -0.39 is 10.9 Å². The molecule has 5 heteroatoms. The summed E-state index contributed by atoms with van der Waals surface area (Å²) in [4.78, 5) is 10.3. The van der Waals surface area contributed by atoms with Crippen molar-refractivity contribution in [3.05, 3.63) is 0 Å². The number of nitrogens with zero attached hydrogens (tertiary/aromatic N) is 1. The fourth-order valence-electron chi connectivity index (χ4n) is 1.19. The van der Waals surface area contributed by atoms with Crippen molar-refractivity contribution in [2.24, 2.45) is 5.92 Å². The Labute approximate surface area is 67.3 Å². The highest BCUT2D eigenvalue weighted by atomic mass is 32.2. The Kier molecular flexibility index (Phi) is 3.02. The maximum Gasteiger partial charge on any atom is 0.203 e. The lowest BCUT2D eigenvalue weighted by molar-refractivity contribution is -0.112. The Morgan fingerprint density at radius 2 is 1.82 bits per heavy atom. The number of piperidine rings is 1. The summed E-state index contributed by atoms with van der Waals surface area (Å²) in [5, 5.41) is 0. The van der Waals surface area contributed by atoms with Gasteiger partial charge in [0.15, 0.2) is 0 Å². The number of aldehydes is 1. The van der Waals surface area contributed by atoms with Gasteiger partial charge in [-0.05, 0) is 12.8 Å². The molecule has 0 aromatic rings. The topological polar surface area (TPSA) is 54.5 Å². The fraction of sp³-hybridized carbons (Fsp3) is 0.833. The number of rotatable bonds is 2. The van der Waals surface area contributed by atoms with Gasteiger partial charge in [0.05, 0.1) is 0 Å². The summed E-state index contributed by atoms with van der Waals surface area (Å²) in [7, 11) is -2.43. The van der Waals surface area contributed by atoms with Gasteiger partial charge in [-0.2, -0.15) is 0 Å². The van der Waals surface area contributed by atoms with Gasteiger partial charge in [0.2, 0.25) is 10.9 Å². The molecule has 0 atom stereocenters. The van der Waals surface area contributed by atoms with Crippen LogP contribution in [0.2, 0.25) is 0 Å². The predicted molar refractivity (Wildman–Crippen MR) is 40.7 cm³/mol. The third-order valence-electron chi connectivity index (χ3n) is 1.94. The summed E-state index contributed by atoms with van der Waals surface area (Å²) < 4.78 is 22.2. The summed E-state index contributed by atoms with van der Waals surface area (Å²) in [6.07, 6.45) is 2.26. The Morgan fingerprint density at radius 3 is 2.18 bits per heavy atom. The number of thiol groups is 1. The molecule has 0 amide bonds. The summed E-state index contributed by atoms with van der Waals surface area (Å²) in [5.74, 6) is 0.0706. The van der Waals surface area contributed by atoms with Crippen LogP contribution in [0.15, 0.2) is 0 Å². The zero-order chi connectivity index (χ0) is 8.27. The van der Waals surface area contributed by atoms with E-state index in [4.69, 9.17) is 0 Å². The van der Waals surface area contributed by atoms with E-state index >= 15 is 0 Å². The van der Waals surface area contributed by atoms with Crippen LogP contribution in [-0.4, -0.2) is 32.1 Å². The fourth-order valence-corrected chi connectivity index (χ4v) is 1.74. The molecular formula is C6H11NO3S. The van der Waals surface area contributed by atoms with Gasteiger partial charge in [0, 0.05) is 19.0 Å². The minimum atomic E-state index is -2.43. The highest BCUT2D eigenvalue weighted by Crippen LogP contribution is 2.14. The van der Waals surface area contributed by atoms with Crippen molar-refractivity contribution in [3.8, 4) is 0 Å². The average Bonchev–Trinajstić information content (AvgIpc) is 2.05. The number of hydrogen-bond donors (Lipinski definition) is 1. The smallest absolute Gasteiger partial charge is 0.203 e. The predicted octanol–water partition coefficient (Wildman–Crippen LogP) is -0.576. The molecule has 0 spiro atoms. The molecule has 4 nitrogen and oxygen atoms in total. The molecule has 0 radical (unpaired) electrons. The summed E-state index contributed by atoms with van der Waals surface area (Å²) in [5.41, 5.74) is 0. The minimum absolute atomic E-state index is 0.0706. The quantitative estimate of drug-likeness (QED) is 0.453. The maximum atomic E-state index is 10.4. The Morgan fingerprint density at radius 1 is 1.27 bits per heavy atom. The van der Waals surface area contributed by atoms with E-state index in [1.807, 2.05) is 0 Å². The van der Waals surface area contributed by atoms with Crippen LogP contribution in [0.5, 0.6) is 0 Å². The normalized spacial score (nSPS) is 22.3. The van der Waals surface area contributed by atoms with Crippen LogP contribution in [0.1, 0.15) is 12.8 Å². The molecule has 64 valence electrons. The summed E-state index contributed by atoms with van der Waals surface area (Å²) in [6, 6.07) is 0. The Bertz CT molecular complexity index is 198. The first-order chi connectivity index (χ1) is 5.24. The van der Waals surface area contributed by atoms with E-state index in [0.29, 0.717) is 25.9 Å². The van der Waals surface area contributed by atoms with Crippen LogP contribution in [-0.2, 0) is 15.7 Å². The first-order valence-corrected chi connectivity index (χ1v) is 4.71. The van der Waals surface area contributed by atoms with Crippen molar-refractivity contribution < 1.29 is 13.2 Å². The van der Waals surface area contributed by atoms with Crippen molar-refractivity contribution in [1.82, 2.24) is 4.31 Å². The van der Waals surface area contributed by atoms with Gasteiger partial charge < -0.3 is 4.79 Å². The molecule has 0 aromatic carbocycles. The molecule has 0 N–H and O–H groups in total. The van der Waals surface area contributed by atoms with Crippen molar-refractivity contribution in [3.63, 3.8) is 0 Å². The SMILES string of the molecule is O=CC1CCN([SH](=O)=O)CC1. The van der Waals surface area contributed by atoms with Crippen LogP contribution in [0.4, 0.5) is 0 Å². The second kappa shape index (κ2) is 3.82. The van der Waals surface area contributed by atoms with E-state index in [1.165, 1.54) is 4.31 Å². The molecule has 1 rings (SSSR count). The van der Waals surface area contributed by atoms with Crippen LogP contribution >= 0.6 is 0 Å². The van der Waals surface area contributed by atoms with E-state index in [-0.39, 0.29) is 5.92 Å². The molecule has 1 heterocycles. The lowest BCUT2D eigenvalue weighted by Gasteiger charge is -2.23. The maximum absolute atomic E-state index is 10.4. The molecule has 1 aliphatic rings. The van der Waals surface area contributed by atoms with E-state index in [2.05, 4.69) is 0 Å². The largest absolute Gasteiger partial charge is 0.303 e. The standard InChI is InChI=1S/C6H11NO3S/c8-5-6-1-3-7(4-2-6)11(9)10/h5-6,11H,1-4H2. The van der Waals surface area contributed by atoms with Crippen LogP contribution in [0.3, 0.4) is 0 Å². The molecule has 0 aromatic heterocycles. The van der Waals surface area contributed by atoms with E-state index in [0.717, 1.165) is 6.29 Å². The van der Waals surface area contributed by atoms with E-state index in [1.54, 1.807) is 0 Å². The summed E-state index contributed by atoms with van der Waals surface area (Å²) >= 11 is 0. The van der Waals surface area contributed by atoms with Gasteiger partial charge >= 0.3 is 0 Å². The van der Waals surface area contributed by atoms with Gasteiger partial charge in [-0.3, -0.25) is 0 Å². The zero-order valence-corrected chi connectivity index (χ0v) is 7.00. The molecule has 11 heavy (non-hydrogen) atoms. The second-order valence-corrected chi connectivity index (χ2v) is 3.71. The number of hydrogen-bond acceptors (Lipinski definition) is 3. The Hall–Kier alpha value is -0.420. The number of carbonyl (C=O) groups is 1. The van der Waals surface area contributed by atoms with Gasteiger partial charge in [0.25, 0.3) is 0 Å². The second-order valence-electron chi connectivity index (χ2n) is 2.67. The van der Waals surface area contributed by atoms with Crippen molar-refractivity contribution in [1.29, 1.82) is 0 Å². The molecule has 0 aliphatic carbocycles. The summed E-state index contributed by atoms with van der Waals surface area (Å²) in [6.45, 7) is 1.00. The van der Waals surface area contributed by atoms with Crippen molar-refractivity contribution in [2.75, 3.05) is 13.1 Å². The highest BCUT2D eigenvalue weighted by Gasteiger charge is 2.19. The first-order valence-electron chi connectivity index (χ1n) is 3.58. The average molecular weight is 177 g/mol. The van der Waals surface area contributed by atoms with E-state index in [9.17, 15) is 13.2 Å². The lowest BCUT2D eigenvalue weighted by atomic mass is 10.0. The third kappa shape index (κ3) is 2.27. The highest BCUT2D eigenvalue weighted by molar-refractivity contribution is 7.69. The third-order valence-corrected chi connectivity index (χ3v) is 2.80. The van der Waals surface area contributed by atoms with Gasteiger partial charge in [0.1, 0.15) is 6.29 Å². The molecule has 1 saturated heterocycles. The van der Waals surface area contributed by atoms with Gasteiger partial charge in [-0.1, -0.05) is 0 Å². The molecule has 0 bridgehead atoms. The van der Waals surface area contributed by atoms with Crippen LogP contribution < -0.4 is 0 Å². The first kappa shape index (κ1) is 8.67. The van der Waals surface area contributed by atoms with Crippen LogP contribution in [0, 0.1) is 5.92 Å². The molecule has 0 saturated carbocycles. The molecule has 1 aliphatic heterocycles. The molecule has 1 fully saturated rings. The monoisotopic (exact) mass is 177 g/mol. The zero-order valence-electron chi connectivity index (χ0n) is 6.10. The molecular weight excluding hydrogens is 166 g/mol. The van der Waals surface area contributed by atoms with Gasteiger partial charge in [-0.25, -0.2) is 12.7 Å². The van der Waals surface area contributed by atoms with Crippen LogP contribution in [0.25, 0.3) is 0 Å². The lowest BCUT2D eigenvalue weighted by Crippen LogP contribution is -2.32.